The van der Waals surface area contributed by atoms with Crippen LogP contribution in [0.4, 0.5) is 0 Å². The quantitative estimate of drug-likeness (QED) is 0.217. The van der Waals surface area contributed by atoms with E-state index in [2.05, 4.69) is 50.3 Å². The lowest BCUT2D eigenvalue weighted by atomic mass is 9.98. The van der Waals surface area contributed by atoms with E-state index in [1.54, 1.807) is 0 Å². The molecule has 148 valence electrons. The highest BCUT2D eigenvalue weighted by atomic mass is 17.2. The Kier molecular flexibility index (Phi) is 9.88. The highest BCUT2D eigenvalue weighted by Crippen LogP contribution is 2.20. The molecule has 1 aliphatic carbocycles. The van der Waals surface area contributed by atoms with Crippen LogP contribution in [0.1, 0.15) is 56.6 Å². The molecule has 1 aromatic carbocycles. The van der Waals surface area contributed by atoms with Crippen LogP contribution in [0.5, 0.6) is 0 Å². The van der Waals surface area contributed by atoms with Gasteiger partial charge in [0.05, 0.1) is 19.8 Å². The fourth-order valence-electron chi connectivity index (χ4n) is 2.82. The molecule has 0 saturated heterocycles. The van der Waals surface area contributed by atoms with Crippen LogP contribution in [0.3, 0.4) is 0 Å². The Bertz CT molecular complexity index is 628. The van der Waals surface area contributed by atoms with Gasteiger partial charge in [0.15, 0.2) is 0 Å². The van der Waals surface area contributed by atoms with Crippen LogP contribution >= 0.6 is 0 Å². The summed E-state index contributed by atoms with van der Waals surface area (Å²) in [6.07, 6.45) is 10.2. The van der Waals surface area contributed by atoms with Crippen molar-refractivity contribution in [2.24, 2.45) is 0 Å². The van der Waals surface area contributed by atoms with Gasteiger partial charge in [0.1, 0.15) is 0 Å². The van der Waals surface area contributed by atoms with Gasteiger partial charge in [-0.15, -0.1) is 0 Å². The first-order chi connectivity index (χ1) is 13.1. The molecule has 0 aliphatic heterocycles. The van der Waals surface area contributed by atoms with Crippen molar-refractivity contribution in [3.05, 3.63) is 58.7 Å². The summed E-state index contributed by atoms with van der Waals surface area (Å²) < 4.78 is 5.30. The molecule has 1 aromatic rings. The highest BCUT2D eigenvalue weighted by molar-refractivity contribution is 5.69. The van der Waals surface area contributed by atoms with Crippen molar-refractivity contribution in [1.82, 2.24) is 0 Å². The second-order valence-corrected chi connectivity index (χ2v) is 7.15. The molecule has 0 unspecified atom stereocenters. The minimum atomic E-state index is -0.126. The van der Waals surface area contributed by atoms with Gasteiger partial charge in [0.2, 0.25) is 0 Å². The van der Waals surface area contributed by atoms with Crippen LogP contribution in [0, 0.1) is 6.92 Å². The van der Waals surface area contributed by atoms with Crippen LogP contribution in [0.2, 0.25) is 0 Å². The van der Waals surface area contributed by atoms with Crippen molar-refractivity contribution in [1.29, 1.82) is 0 Å². The number of carbonyl (C=O) groups is 1. The van der Waals surface area contributed by atoms with E-state index in [4.69, 9.17) is 14.5 Å². The number of hydrogen-bond donors (Lipinski definition) is 0. The van der Waals surface area contributed by atoms with E-state index >= 15 is 0 Å². The third kappa shape index (κ3) is 9.55. The fraction of sp³-hybridized carbons (Fsp3) is 0.522. The van der Waals surface area contributed by atoms with Gasteiger partial charge in [-0.05, 0) is 51.5 Å². The lowest BCUT2D eigenvalue weighted by Crippen LogP contribution is -2.08. The van der Waals surface area contributed by atoms with Crippen molar-refractivity contribution in [2.75, 3.05) is 19.8 Å². The van der Waals surface area contributed by atoms with Gasteiger partial charge < -0.3 is 4.74 Å². The number of esters is 1. The molecule has 0 heterocycles. The van der Waals surface area contributed by atoms with Gasteiger partial charge >= 0.3 is 5.97 Å². The largest absolute Gasteiger partial charge is 0.465 e. The number of carbonyl (C=O) groups excluding carboxylic acids is 1. The molecule has 0 amide bonds. The van der Waals surface area contributed by atoms with Gasteiger partial charge in [0.25, 0.3) is 0 Å². The average Bonchev–Trinajstić information content (AvgIpc) is 2.67. The first kappa shape index (κ1) is 21.4. The molecule has 1 aliphatic rings. The van der Waals surface area contributed by atoms with E-state index in [9.17, 15) is 4.79 Å². The first-order valence-electron chi connectivity index (χ1n) is 9.94. The zero-order valence-corrected chi connectivity index (χ0v) is 16.7. The third-order valence-corrected chi connectivity index (χ3v) is 4.67. The summed E-state index contributed by atoms with van der Waals surface area (Å²) in [6, 6.07) is 8.40. The molecule has 0 saturated carbocycles. The number of benzene rings is 1. The summed E-state index contributed by atoms with van der Waals surface area (Å²) in [5.41, 5.74) is 5.27. The molecular weight excluding hydrogens is 340 g/mol. The standard InChI is InChI=1S/C23H32O4/c1-19-6-10-21(11-7-19)14-17-25-23(24)5-3-4-16-26-27-18-15-22-12-8-20(2)9-13-22/h6,8-10,12-13H,3-5,7,11,14-18H2,1-2H3. The van der Waals surface area contributed by atoms with E-state index in [0.717, 1.165) is 38.5 Å². The van der Waals surface area contributed by atoms with E-state index in [-0.39, 0.29) is 5.97 Å². The zero-order chi connectivity index (χ0) is 19.3. The van der Waals surface area contributed by atoms with Crippen molar-refractivity contribution in [2.45, 2.75) is 58.8 Å². The normalized spacial score (nSPS) is 13.9. The molecule has 0 radical (unpaired) electrons. The van der Waals surface area contributed by atoms with Gasteiger partial charge in [-0.1, -0.05) is 53.1 Å². The van der Waals surface area contributed by atoms with Crippen molar-refractivity contribution < 1.29 is 19.3 Å². The summed E-state index contributed by atoms with van der Waals surface area (Å²) in [4.78, 5) is 22.1. The van der Waals surface area contributed by atoms with Crippen LogP contribution in [-0.2, 0) is 25.7 Å². The van der Waals surface area contributed by atoms with E-state index in [0.29, 0.717) is 26.2 Å². The minimum Gasteiger partial charge on any atom is -0.465 e. The fourth-order valence-corrected chi connectivity index (χ4v) is 2.82. The lowest BCUT2D eigenvalue weighted by Gasteiger charge is -2.12. The van der Waals surface area contributed by atoms with Gasteiger partial charge in [-0.2, -0.15) is 0 Å². The summed E-state index contributed by atoms with van der Waals surface area (Å²) in [6.45, 7) is 5.74. The maximum Gasteiger partial charge on any atom is 0.305 e. The number of unbranched alkanes of at least 4 members (excludes halogenated alkanes) is 1. The number of rotatable bonds is 12. The molecule has 0 fully saturated rings. The number of aryl methyl sites for hydroxylation is 1. The Labute approximate surface area is 163 Å². The molecule has 4 heteroatoms. The molecule has 0 aromatic heterocycles. The van der Waals surface area contributed by atoms with Crippen LogP contribution in [0.15, 0.2) is 47.6 Å². The second kappa shape index (κ2) is 12.5. The monoisotopic (exact) mass is 372 g/mol. The molecule has 4 nitrogen and oxygen atoms in total. The minimum absolute atomic E-state index is 0.126. The molecule has 0 atom stereocenters. The first-order valence-corrected chi connectivity index (χ1v) is 9.94. The van der Waals surface area contributed by atoms with Crippen molar-refractivity contribution >= 4 is 5.97 Å². The molecule has 27 heavy (non-hydrogen) atoms. The number of ether oxygens (including phenoxy) is 1. The molecule has 2 rings (SSSR count). The van der Waals surface area contributed by atoms with Crippen molar-refractivity contribution in [3.8, 4) is 0 Å². The molecule has 0 N–H and O–H groups in total. The average molecular weight is 373 g/mol. The number of allylic oxidation sites excluding steroid dienone is 3. The van der Waals surface area contributed by atoms with Crippen LogP contribution in [-0.4, -0.2) is 25.8 Å². The highest BCUT2D eigenvalue weighted by Gasteiger charge is 2.06. The van der Waals surface area contributed by atoms with E-state index in [1.165, 1.54) is 22.3 Å². The van der Waals surface area contributed by atoms with Gasteiger partial charge in [-0.3, -0.25) is 4.79 Å². The Morgan fingerprint density at radius 2 is 1.67 bits per heavy atom. The van der Waals surface area contributed by atoms with Crippen LogP contribution < -0.4 is 0 Å². The summed E-state index contributed by atoms with van der Waals surface area (Å²) in [7, 11) is 0. The van der Waals surface area contributed by atoms with Gasteiger partial charge in [0, 0.05) is 12.8 Å². The summed E-state index contributed by atoms with van der Waals surface area (Å²) >= 11 is 0. The van der Waals surface area contributed by atoms with E-state index in [1.807, 2.05) is 0 Å². The molecule has 0 bridgehead atoms. The SMILES string of the molecule is CC1=CC=C(CCOC(=O)CCCCOOCCc2ccc(C)cc2)CC1. The van der Waals surface area contributed by atoms with Crippen molar-refractivity contribution in [3.63, 3.8) is 0 Å². The molecule has 0 spiro atoms. The Balaban J connectivity index is 1.40. The summed E-state index contributed by atoms with van der Waals surface area (Å²) in [5, 5.41) is 0. The smallest absolute Gasteiger partial charge is 0.305 e. The Hall–Kier alpha value is -1.91. The zero-order valence-electron chi connectivity index (χ0n) is 16.7. The summed E-state index contributed by atoms with van der Waals surface area (Å²) in [5.74, 6) is -0.126. The predicted molar refractivity (Wildman–Crippen MR) is 107 cm³/mol. The lowest BCUT2D eigenvalue weighted by molar-refractivity contribution is -0.294. The molecular formula is C23H32O4. The van der Waals surface area contributed by atoms with Gasteiger partial charge in [-0.25, -0.2) is 9.78 Å². The maximum atomic E-state index is 11.7. The predicted octanol–water partition coefficient (Wildman–Crippen LogP) is 5.26. The Morgan fingerprint density at radius 1 is 0.889 bits per heavy atom. The third-order valence-electron chi connectivity index (χ3n) is 4.67. The maximum absolute atomic E-state index is 11.7. The van der Waals surface area contributed by atoms with Crippen LogP contribution in [0.25, 0.3) is 0 Å². The number of hydrogen-bond acceptors (Lipinski definition) is 4. The van der Waals surface area contributed by atoms with E-state index < -0.39 is 0 Å². The topological polar surface area (TPSA) is 44.8 Å². The second-order valence-electron chi connectivity index (χ2n) is 7.15. The Morgan fingerprint density at radius 3 is 2.41 bits per heavy atom.